The Labute approximate surface area is 129 Å². The van der Waals surface area contributed by atoms with E-state index in [4.69, 9.17) is 4.74 Å². The number of nitrogens with one attached hydrogen (secondary N) is 2. The second-order valence-electron chi connectivity index (χ2n) is 4.85. The molecule has 5 heteroatoms. The van der Waals surface area contributed by atoms with Crippen LogP contribution < -0.4 is 10.6 Å². The van der Waals surface area contributed by atoms with E-state index in [1.54, 1.807) is 0 Å². The smallest absolute Gasteiger partial charge is 0.250 e. The Morgan fingerprint density at radius 2 is 1.86 bits per heavy atom. The fourth-order valence-corrected chi connectivity index (χ4v) is 3.00. The lowest BCUT2D eigenvalue weighted by Crippen LogP contribution is -2.16. The van der Waals surface area contributed by atoms with Crippen LogP contribution in [0.15, 0.2) is 30.3 Å². The SMILES string of the molecule is COCC(=O)Nc1ccc(NCc2cc(C)sc2C)cc1. The molecule has 2 N–H and O–H groups in total. The van der Waals surface area contributed by atoms with Crippen molar-refractivity contribution in [2.24, 2.45) is 0 Å². The molecule has 1 amide bonds. The predicted octanol–water partition coefficient (Wildman–Crippen LogP) is 3.56. The van der Waals surface area contributed by atoms with Gasteiger partial charge in [-0.1, -0.05) is 0 Å². The molecule has 0 bridgehead atoms. The number of methoxy groups -OCH3 is 1. The first-order valence-electron chi connectivity index (χ1n) is 6.77. The summed E-state index contributed by atoms with van der Waals surface area (Å²) < 4.78 is 4.78. The van der Waals surface area contributed by atoms with E-state index < -0.39 is 0 Å². The molecule has 1 aromatic heterocycles. The first-order chi connectivity index (χ1) is 10.1. The summed E-state index contributed by atoms with van der Waals surface area (Å²) in [7, 11) is 1.50. The van der Waals surface area contributed by atoms with Gasteiger partial charge in [0.1, 0.15) is 6.61 Å². The van der Waals surface area contributed by atoms with E-state index >= 15 is 0 Å². The van der Waals surface area contributed by atoms with Crippen LogP contribution in [0.2, 0.25) is 0 Å². The van der Waals surface area contributed by atoms with Gasteiger partial charge in [-0.2, -0.15) is 0 Å². The monoisotopic (exact) mass is 304 g/mol. The van der Waals surface area contributed by atoms with E-state index in [0.29, 0.717) is 0 Å². The van der Waals surface area contributed by atoms with Crippen LogP contribution in [-0.2, 0) is 16.1 Å². The first kappa shape index (κ1) is 15.5. The maximum absolute atomic E-state index is 11.4. The van der Waals surface area contributed by atoms with Crippen LogP contribution in [0.4, 0.5) is 11.4 Å². The lowest BCUT2D eigenvalue weighted by Gasteiger charge is -2.08. The van der Waals surface area contributed by atoms with Crippen LogP contribution >= 0.6 is 11.3 Å². The van der Waals surface area contributed by atoms with Gasteiger partial charge in [0.25, 0.3) is 0 Å². The van der Waals surface area contributed by atoms with Crippen molar-refractivity contribution in [3.8, 4) is 0 Å². The van der Waals surface area contributed by atoms with Crippen LogP contribution in [0.25, 0.3) is 0 Å². The van der Waals surface area contributed by atoms with Gasteiger partial charge in [0, 0.05) is 34.8 Å². The van der Waals surface area contributed by atoms with Gasteiger partial charge in [0.05, 0.1) is 0 Å². The average Bonchev–Trinajstić information content (AvgIpc) is 2.76. The minimum absolute atomic E-state index is 0.0663. The maximum Gasteiger partial charge on any atom is 0.250 e. The minimum Gasteiger partial charge on any atom is -0.381 e. The highest BCUT2D eigenvalue weighted by molar-refractivity contribution is 7.12. The van der Waals surface area contributed by atoms with E-state index in [-0.39, 0.29) is 12.5 Å². The Balaban J connectivity index is 1.90. The molecule has 112 valence electrons. The van der Waals surface area contributed by atoms with Crippen LogP contribution in [0.5, 0.6) is 0 Å². The topological polar surface area (TPSA) is 50.4 Å². The maximum atomic E-state index is 11.4. The number of ether oxygens (including phenoxy) is 1. The van der Waals surface area contributed by atoms with E-state index in [1.807, 2.05) is 35.6 Å². The summed E-state index contributed by atoms with van der Waals surface area (Å²) in [5.41, 5.74) is 3.13. The van der Waals surface area contributed by atoms with Gasteiger partial charge >= 0.3 is 0 Å². The summed E-state index contributed by atoms with van der Waals surface area (Å²) >= 11 is 1.82. The van der Waals surface area contributed by atoms with Crippen molar-refractivity contribution in [3.63, 3.8) is 0 Å². The normalized spacial score (nSPS) is 10.4. The molecule has 1 heterocycles. The molecule has 0 saturated heterocycles. The number of thiophene rings is 1. The highest BCUT2D eigenvalue weighted by Gasteiger charge is 2.03. The Morgan fingerprint density at radius 3 is 2.43 bits per heavy atom. The predicted molar refractivity (Wildman–Crippen MR) is 88.1 cm³/mol. The Morgan fingerprint density at radius 1 is 1.19 bits per heavy atom. The lowest BCUT2D eigenvalue weighted by atomic mass is 10.2. The number of amides is 1. The summed E-state index contributed by atoms with van der Waals surface area (Å²) in [6.07, 6.45) is 0. The number of hydrogen-bond donors (Lipinski definition) is 2. The molecule has 2 rings (SSSR count). The number of hydrogen-bond acceptors (Lipinski definition) is 4. The van der Waals surface area contributed by atoms with Crippen LogP contribution in [0.3, 0.4) is 0 Å². The van der Waals surface area contributed by atoms with Crippen molar-refractivity contribution < 1.29 is 9.53 Å². The molecule has 0 atom stereocenters. The molecule has 0 unspecified atom stereocenters. The quantitative estimate of drug-likeness (QED) is 0.858. The fourth-order valence-electron chi connectivity index (χ4n) is 2.06. The molecule has 4 nitrogen and oxygen atoms in total. The lowest BCUT2D eigenvalue weighted by molar-refractivity contribution is -0.119. The Kier molecular flexibility index (Phi) is 5.36. The second kappa shape index (κ2) is 7.24. The van der Waals surface area contributed by atoms with Crippen LogP contribution in [0.1, 0.15) is 15.3 Å². The van der Waals surface area contributed by atoms with Crippen LogP contribution in [0, 0.1) is 13.8 Å². The molecule has 0 aliphatic rings. The molecule has 0 saturated carbocycles. The van der Waals surface area contributed by atoms with Gasteiger partial charge in [-0.3, -0.25) is 4.79 Å². The van der Waals surface area contributed by atoms with Crippen LogP contribution in [-0.4, -0.2) is 19.6 Å². The highest BCUT2D eigenvalue weighted by atomic mass is 32.1. The molecule has 21 heavy (non-hydrogen) atoms. The fraction of sp³-hybridized carbons (Fsp3) is 0.312. The summed E-state index contributed by atoms with van der Waals surface area (Å²) in [6, 6.07) is 9.88. The molecular formula is C16H20N2O2S. The van der Waals surface area contributed by atoms with Gasteiger partial charge in [-0.15, -0.1) is 11.3 Å². The van der Waals surface area contributed by atoms with E-state index in [0.717, 1.165) is 17.9 Å². The molecule has 0 aliphatic carbocycles. The van der Waals surface area contributed by atoms with Crippen molar-refractivity contribution >= 4 is 28.6 Å². The van der Waals surface area contributed by atoms with Gasteiger partial charge < -0.3 is 15.4 Å². The average molecular weight is 304 g/mol. The van der Waals surface area contributed by atoms with E-state index in [1.165, 1.54) is 22.4 Å². The largest absolute Gasteiger partial charge is 0.381 e. The number of rotatable bonds is 6. The van der Waals surface area contributed by atoms with Crippen molar-refractivity contribution in [2.75, 3.05) is 24.4 Å². The van der Waals surface area contributed by atoms with Crippen molar-refractivity contribution in [1.29, 1.82) is 0 Å². The first-order valence-corrected chi connectivity index (χ1v) is 7.59. The van der Waals surface area contributed by atoms with E-state index in [2.05, 4.69) is 30.5 Å². The zero-order valence-corrected chi connectivity index (χ0v) is 13.3. The number of aryl methyl sites for hydroxylation is 2. The molecule has 2 aromatic rings. The Bertz CT molecular complexity index is 605. The molecule has 1 aromatic carbocycles. The summed E-state index contributed by atoms with van der Waals surface area (Å²) in [5.74, 6) is -0.150. The zero-order valence-electron chi connectivity index (χ0n) is 12.5. The molecular weight excluding hydrogens is 284 g/mol. The molecule has 0 fully saturated rings. The van der Waals surface area contributed by atoms with Gasteiger partial charge in [0.2, 0.25) is 5.91 Å². The Hall–Kier alpha value is -1.85. The highest BCUT2D eigenvalue weighted by Crippen LogP contribution is 2.22. The minimum atomic E-state index is -0.150. The standard InChI is InChI=1S/C16H20N2O2S/c1-11-8-13(12(2)21-11)9-17-14-4-6-15(7-5-14)18-16(19)10-20-3/h4-8,17H,9-10H2,1-3H3,(H,18,19). The van der Waals surface area contributed by atoms with Crippen molar-refractivity contribution in [2.45, 2.75) is 20.4 Å². The number of carbonyl (C=O) groups excluding carboxylic acids is 1. The van der Waals surface area contributed by atoms with E-state index in [9.17, 15) is 4.79 Å². The third-order valence-corrected chi connectivity index (χ3v) is 4.08. The van der Waals surface area contributed by atoms with Crippen molar-refractivity contribution in [3.05, 3.63) is 45.6 Å². The molecule has 0 radical (unpaired) electrons. The zero-order chi connectivity index (χ0) is 15.2. The van der Waals surface area contributed by atoms with Gasteiger partial charge in [0.15, 0.2) is 0 Å². The second-order valence-corrected chi connectivity index (χ2v) is 6.31. The number of benzene rings is 1. The molecule has 0 aliphatic heterocycles. The van der Waals surface area contributed by atoms with Gasteiger partial charge in [-0.05, 0) is 49.7 Å². The van der Waals surface area contributed by atoms with Gasteiger partial charge in [-0.25, -0.2) is 0 Å². The number of carbonyl (C=O) groups is 1. The van der Waals surface area contributed by atoms with Crippen molar-refractivity contribution in [1.82, 2.24) is 0 Å². The summed E-state index contributed by atoms with van der Waals surface area (Å²) in [4.78, 5) is 14.1. The summed E-state index contributed by atoms with van der Waals surface area (Å²) in [5, 5.41) is 6.16. The molecule has 0 spiro atoms. The summed E-state index contributed by atoms with van der Waals surface area (Å²) in [6.45, 7) is 5.14. The third-order valence-electron chi connectivity index (χ3n) is 3.07. The number of anilines is 2. The third kappa shape index (κ3) is 4.58.